The number of hydrogen-bond donors (Lipinski definition) is 0. The average molecular weight is 368 g/mol. The lowest BCUT2D eigenvalue weighted by Crippen LogP contribution is -2.28. The van der Waals surface area contributed by atoms with E-state index in [-0.39, 0.29) is 11.9 Å². The molecule has 0 spiro atoms. The van der Waals surface area contributed by atoms with Crippen LogP contribution in [0.2, 0.25) is 0 Å². The highest BCUT2D eigenvalue weighted by atomic mass is 19.1. The van der Waals surface area contributed by atoms with Crippen molar-refractivity contribution in [1.82, 2.24) is 19.8 Å². The average Bonchev–Trinajstić information content (AvgIpc) is 3.17. The summed E-state index contributed by atoms with van der Waals surface area (Å²) in [5.41, 5.74) is 4.13. The first-order valence-electron chi connectivity index (χ1n) is 9.56. The minimum absolute atomic E-state index is 0.227. The molecule has 3 aromatic rings. The summed E-state index contributed by atoms with van der Waals surface area (Å²) in [5, 5.41) is 8.84. The van der Waals surface area contributed by atoms with Crippen molar-refractivity contribution in [3.05, 3.63) is 59.3 Å². The summed E-state index contributed by atoms with van der Waals surface area (Å²) >= 11 is 0. The van der Waals surface area contributed by atoms with Gasteiger partial charge in [-0.15, -0.1) is 0 Å². The second-order valence-electron chi connectivity index (χ2n) is 7.37. The van der Waals surface area contributed by atoms with Crippen LogP contribution >= 0.6 is 0 Å². The molecule has 0 aliphatic carbocycles. The van der Waals surface area contributed by atoms with Gasteiger partial charge in [0.15, 0.2) is 5.76 Å². The Labute approximate surface area is 158 Å². The van der Waals surface area contributed by atoms with Gasteiger partial charge in [-0.05, 0) is 50.6 Å². The van der Waals surface area contributed by atoms with Gasteiger partial charge in [-0.1, -0.05) is 18.0 Å². The molecule has 1 aliphatic heterocycles. The highest BCUT2D eigenvalue weighted by Gasteiger charge is 2.26. The van der Waals surface area contributed by atoms with Gasteiger partial charge < -0.3 is 4.52 Å². The molecule has 5 nitrogen and oxygen atoms in total. The molecule has 0 N–H and O–H groups in total. The molecular weight excluding hydrogens is 343 g/mol. The molecule has 0 radical (unpaired) electrons. The van der Waals surface area contributed by atoms with Crippen LogP contribution in [-0.4, -0.2) is 26.4 Å². The molecule has 6 heteroatoms. The summed E-state index contributed by atoms with van der Waals surface area (Å²) in [5.74, 6) is 0.437. The minimum atomic E-state index is -0.250. The van der Waals surface area contributed by atoms with Gasteiger partial charge in [0.2, 0.25) is 0 Å². The molecule has 1 saturated heterocycles. The van der Waals surface area contributed by atoms with Crippen molar-refractivity contribution in [3.8, 4) is 11.3 Å². The first-order valence-corrected chi connectivity index (χ1v) is 9.56. The third-order valence-corrected chi connectivity index (χ3v) is 5.35. The lowest BCUT2D eigenvalue weighted by molar-refractivity contribution is 0.183. The number of halogens is 1. The maximum atomic E-state index is 13.2. The Bertz CT molecular complexity index is 899. The quantitative estimate of drug-likeness (QED) is 0.673. The molecule has 0 unspecified atom stereocenters. The molecule has 3 heterocycles. The number of likely N-dealkylation sites (tertiary alicyclic amines) is 1. The molecule has 1 fully saturated rings. The molecule has 1 aromatic carbocycles. The number of nitrogens with zero attached hydrogens (tertiary/aromatic N) is 4. The van der Waals surface area contributed by atoms with Crippen LogP contribution < -0.4 is 0 Å². The van der Waals surface area contributed by atoms with Crippen LogP contribution in [0.15, 0.2) is 41.1 Å². The van der Waals surface area contributed by atoms with Crippen molar-refractivity contribution in [2.24, 2.45) is 7.05 Å². The number of hydrogen-bond acceptors (Lipinski definition) is 4. The van der Waals surface area contributed by atoms with Crippen LogP contribution in [0.4, 0.5) is 4.39 Å². The fourth-order valence-electron chi connectivity index (χ4n) is 3.91. The number of benzene rings is 1. The minimum Gasteiger partial charge on any atom is -0.356 e. The van der Waals surface area contributed by atoms with Crippen molar-refractivity contribution in [3.63, 3.8) is 0 Å². The van der Waals surface area contributed by atoms with Crippen LogP contribution in [-0.2, 0) is 13.6 Å². The van der Waals surface area contributed by atoms with Gasteiger partial charge in [0.05, 0.1) is 11.7 Å². The summed E-state index contributed by atoms with van der Waals surface area (Å²) in [6.45, 7) is 3.96. The lowest BCUT2D eigenvalue weighted by atomic mass is 10.0. The van der Waals surface area contributed by atoms with E-state index in [2.05, 4.69) is 28.3 Å². The van der Waals surface area contributed by atoms with Gasteiger partial charge in [-0.25, -0.2) is 4.39 Å². The van der Waals surface area contributed by atoms with Crippen molar-refractivity contribution >= 4 is 0 Å². The SMILES string of the molecule is Cc1nn(C)cc1CN1CCCCC[C@@H]1c1cc(-c2ccc(F)cc2)on1. The zero-order valence-corrected chi connectivity index (χ0v) is 15.9. The molecule has 0 saturated carbocycles. The topological polar surface area (TPSA) is 47.1 Å². The summed E-state index contributed by atoms with van der Waals surface area (Å²) in [6.07, 6.45) is 6.78. The van der Waals surface area contributed by atoms with Crippen molar-refractivity contribution in [1.29, 1.82) is 0 Å². The van der Waals surface area contributed by atoms with Gasteiger partial charge in [0, 0.05) is 37.0 Å². The maximum absolute atomic E-state index is 13.2. The van der Waals surface area contributed by atoms with Crippen LogP contribution in [0, 0.1) is 12.7 Å². The molecule has 0 bridgehead atoms. The molecule has 142 valence electrons. The molecule has 4 rings (SSSR count). The predicted octanol–water partition coefficient (Wildman–Crippen LogP) is 4.64. The first kappa shape index (κ1) is 17.9. The molecular formula is C21H25FN4O. The van der Waals surface area contributed by atoms with Crippen molar-refractivity contribution in [2.75, 3.05) is 6.54 Å². The van der Waals surface area contributed by atoms with E-state index >= 15 is 0 Å². The number of aryl methyl sites for hydroxylation is 2. The number of rotatable bonds is 4. The van der Waals surface area contributed by atoms with Crippen molar-refractivity contribution < 1.29 is 8.91 Å². The summed E-state index contributed by atoms with van der Waals surface area (Å²) in [7, 11) is 1.96. The van der Waals surface area contributed by atoms with E-state index < -0.39 is 0 Å². The second kappa shape index (κ2) is 7.64. The third kappa shape index (κ3) is 3.95. The highest BCUT2D eigenvalue weighted by molar-refractivity contribution is 5.57. The Morgan fingerprint density at radius 2 is 2.00 bits per heavy atom. The Kier molecular flexibility index (Phi) is 5.07. The molecule has 27 heavy (non-hydrogen) atoms. The summed E-state index contributed by atoms with van der Waals surface area (Å²) in [4.78, 5) is 2.49. The van der Waals surface area contributed by atoms with Gasteiger partial charge >= 0.3 is 0 Å². The standard InChI is InChI=1S/C21H25FN4O/c1-15-17(13-25(2)23-15)14-26-11-5-3-4-6-20(26)19-12-21(27-24-19)16-7-9-18(22)10-8-16/h7-10,12-13,20H,3-6,11,14H2,1-2H3/t20-/m1/s1. The van der Waals surface area contributed by atoms with Crippen molar-refractivity contribution in [2.45, 2.75) is 45.2 Å². The largest absolute Gasteiger partial charge is 0.356 e. The molecule has 1 atom stereocenters. The highest BCUT2D eigenvalue weighted by Crippen LogP contribution is 2.33. The summed E-state index contributed by atoms with van der Waals surface area (Å²) < 4.78 is 20.6. The monoisotopic (exact) mass is 368 g/mol. The predicted molar refractivity (Wildman–Crippen MR) is 101 cm³/mol. The van der Waals surface area contributed by atoms with E-state index in [0.717, 1.165) is 36.5 Å². The van der Waals surface area contributed by atoms with Gasteiger partial charge in [-0.2, -0.15) is 5.10 Å². The zero-order chi connectivity index (χ0) is 18.8. The van der Waals surface area contributed by atoms with E-state index in [1.54, 1.807) is 12.1 Å². The van der Waals surface area contributed by atoms with Crippen LogP contribution in [0.5, 0.6) is 0 Å². The smallest absolute Gasteiger partial charge is 0.167 e. The van der Waals surface area contributed by atoms with Crippen LogP contribution in [0.25, 0.3) is 11.3 Å². The molecule has 2 aromatic heterocycles. The Morgan fingerprint density at radius 1 is 1.19 bits per heavy atom. The molecule has 1 aliphatic rings. The van der Waals surface area contributed by atoms with E-state index in [1.165, 1.54) is 37.0 Å². The number of aromatic nitrogens is 3. The van der Waals surface area contributed by atoms with E-state index in [4.69, 9.17) is 4.52 Å². The van der Waals surface area contributed by atoms with E-state index in [0.29, 0.717) is 5.76 Å². The fourth-order valence-corrected chi connectivity index (χ4v) is 3.91. The Hall–Kier alpha value is -2.47. The molecule has 0 amide bonds. The first-order chi connectivity index (χ1) is 13.1. The maximum Gasteiger partial charge on any atom is 0.167 e. The Balaban J connectivity index is 1.59. The van der Waals surface area contributed by atoms with E-state index in [9.17, 15) is 4.39 Å². The van der Waals surface area contributed by atoms with Crippen LogP contribution in [0.3, 0.4) is 0 Å². The fraction of sp³-hybridized carbons (Fsp3) is 0.429. The lowest BCUT2D eigenvalue weighted by Gasteiger charge is -2.28. The Morgan fingerprint density at radius 3 is 2.74 bits per heavy atom. The van der Waals surface area contributed by atoms with E-state index in [1.807, 2.05) is 17.8 Å². The zero-order valence-electron chi connectivity index (χ0n) is 15.9. The summed E-state index contributed by atoms with van der Waals surface area (Å²) in [6, 6.07) is 8.57. The third-order valence-electron chi connectivity index (χ3n) is 5.35. The van der Waals surface area contributed by atoms with Gasteiger partial charge in [-0.3, -0.25) is 9.58 Å². The normalized spacial score (nSPS) is 18.6. The second-order valence-corrected chi connectivity index (χ2v) is 7.37. The van der Waals surface area contributed by atoms with Crippen LogP contribution in [0.1, 0.15) is 48.7 Å². The van der Waals surface area contributed by atoms with Gasteiger partial charge in [0.1, 0.15) is 11.5 Å². The van der Waals surface area contributed by atoms with Gasteiger partial charge in [0.25, 0.3) is 0 Å².